The first-order valence-corrected chi connectivity index (χ1v) is 4.23. The SMILES string of the molecule is COCCc1c[nH]c(=O)cc1C(F)(F)F. The van der Waals surface area contributed by atoms with Crippen molar-refractivity contribution in [2.24, 2.45) is 0 Å². The summed E-state index contributed by atoms with van der Waals surface area (Å²) in [5, 5.41) is 0. The number of nitrogens with one attached hydrogen (secondary N) is 1. The van der Waals surface area contributed by atoms with Crippen LogP contribution in [0.2, 0.25) is 0 Å². The Morgan fingerprint density at radius 3 is 2.67 bits per heavy atom. The van der Waals surface area contributed by atoms with Gasteiger partial charge in [0.1, 0.15) is 0 Å². The number of alkyl halides is 3. The highest BCUT2D eigenvalue weighted by Gasteiger charge is 2.33. The molecule has 3 nitrogen and oxygen atoms in total. The van der Waals surface area contributed by atoms with Crippen LogP contribution in [-0.2, 0) is 17.3 Å². The summed E-state index contributed by atoms with van der Waals surface area (Å²) in [4.78, 5) is 13.0. The molecule has 1 N–H and O–H groups in total. The molecular formula is C9H10F3NO2. The summed E-state index contributed by atoms with van der Waals surface area (Å²) in [5.74, 6) is 0. The van der Waals surface area contributed by atoms with Crippen LogP contribution in [-0.4, -0.2) is 18.7 Å². The van der Waals surface area contributed by atoms with Gasteiger partial charge in [0.2, 0.25) is 5.56 Å². The number of methoxy groups -OCH3 is 1. The monoisotopic (exact) mass is 221 g/mol. The average Bonchev–Trinajstić information content (AvgIpc) is 2.14. The van der Waals surface area contributed by atoms with Gasteiger partial charge in [0, 0.05) is 19.4 Å². The molecule has 1 aromatic rings. The van der Waals surface area contributed by atoms with Crippen molar-refractivity contribution in [2.75, 3.05) is 13.7 Å². The van der Waals surface area contributed by atoms with Crippen LogP contribution in [0.25, 0.3) is 0 Å². The molecule has 0 atom stereocenters. The molecule has 1 rings (SSSR count). The number of pyridine rings is 1. The fourth-order valence-corrected chi connectivity index (χ4v) is 1.18. The predicted octanol–water partition coefficient (Wildman–Crippen LogP) is 1.58. The van der Waals surface area contributed by atoms with Gasteiger partial charge in [-0.2, -0.15) is 13.2 Å². The van der Waals surface area contributed by atoms with Crippen LogP contribution < -0.4 is 5.56 Å². The summed E-state index contributed by atoms with van der Waals surface area (Å²) in [7, 11) is 1.40. The van der Waals surface area contributed by atoms with Crippen LogP contribution in [0, 0.1) is 0 Å². The highest BCUT2D eigenvalue weighted by Crippen LogP contribution is 2.30. The molecule has 0 aromatic carbocycles. The Hall–Kier alpha value is -1.30. The molecule has 6 heteroatoms. The summed E-state index contributed by atoms with van der Waals surface area (Å²) < 4.78 is 42.1. The van der Waals surface area contributed by atoms with Gasteiger partial charge in [-0.25, -0.2) is 0 Å². The van der Waals surface area contributed by atoms with Gasteiger partial charge < -0.3 is 9.72 Å². The number of halogens is 3. The number of aromatic amines is 1. The molecule has 1 aromatic heterocycles. The van der Waals surface area contributed by atoms with Crippen molar-refractivity contribution in [3.8, 4) is 0 Å². The zero-order chi connectivity index (χ0) is 11.5. The number of H-pyrrole nitrogens is 1. The van der Waals surface area contributed by atoms with E-state index >= 15 is 0 Å². The van der Waals surface area contributed by atoms with Gasteiger partial charge in [-0.1, -0.05) is 0 Å². The number of hydrogen-bond acceptors (Lipinski definition) is 2. The first-order chi connectivity index (χ1) is 6.95. The molecule has 0 aliphatic rings. The minimum Gasteiger partial charge on any atom is -0.384 e. The summed E-state index contributed by atoms with van der Waals surface area (Å²) in [6.07, 6.45) is -3.32. The Balaban J connectivity index is 3.09. The lowest BCUT2D eigenvalue weighted by Gasteiger charge is -2.11. The van der Waals surface area contributed by atoms with Gasteiger partial charge in [0.25, 0.3) is 0 Å². The molecule has 1 heterocycles. The van der Waals surface area contributed by atoms with Crippen molar-refractivity contribution in [1.82, 2.24) is 4.98 Å². The number of hydrogen-bond donors (Lipinski definition) is 1. The van der Waals surface area contributed by atoms with E-state index in [1.165, 1.54) is 7.11 Å². The van der Waals surface area contributed by atoms with Crippen molar-refractivity contribution < 1.29 is 17.9 Å². The first-order valence-electron chi connectivity index (χ1n) is 4.23. The third-order valence-electron chi connectivity index (χ3n) is 1.89. The second-order valence-corrected chi connectivity index (χ2v) is 2.98. The third-order valence-corrected chi connectivity index (χ3v) is 1.89. The maximum atomic E-state index is 12.5. The summed E-state index contributed by atoms with van der Waals surface area (Å²) >= 11 is 0. The highest BCUT2D eigenvalue weighted by molar-refractivity contribution is 5.26. The molecule has 0 saturated carbocycles. The van der Waals surface area contributed by atoms with E-state index < -0.39 is 17.3 Å². The van der Waals surface area contributed by atoms with Crippen LogP contribution >= 0.6 is 0 Å². The largest absolute Gasteiger partial charge is 0.416 e. The van der Waals surface area contributed by atoms with Gasteiger partial charge >= 0.3 is 6.18 Å². The van der Waals surface area contributed by atoms with Crippen LogP contribution in [0.1, 0.15) is 11.1 Å². The van der Waals surface area contributed by atoms with E-state index in [2.05, 4.69) is 9.72 Å². The fraction of sp³-hybridized carbons (Fsp3) is 0.444. The van der Waals surface area contributed by atoms with Crippen LogP contribution in [0.3, 0.4) is 0 Å². The molecule has 0 unspecified atom stereocenters. The standard InChI is InChI=1S/C9H10F3NO2/c1-15-3-2-6-5-13-8(14)4-7(6)9(10,11)12/h4-5H,2-3H2,1H3,(H,13,14). The van der Waals surface area contributed by atoms with Gasteiger partial charge in [-0.05, 0) is 12.0 Å². The minimum absolute atomic E-state index is 0.0314. The molecule has 0 bridgehead atoms. The van der Waals surface area contributed by atoms with E-state index in [1.54, 1.807) is 0 Å². The zero-order valence-corrected chi connectivity index (χ0v) is 8.02. The molecule has 0 radical (unpaired) electrons. The minimum atomic E-state index is -4.50. The quantitative estimate of drug-likeness (QED) is 0.842. The molecule has 0 aliphatic heterocycles. The lowest BCUT2D eigenvalue weighted by Crippen LogP contribution is -2.16. The molecule has 0 amide bonds. The molecule has 0 fully saturated rings. The van der Waals surface area contributed by atoms with E-state index in [1.807, 2.05) is 0 Å². The van der Waals surface area contributed by atoms with Crippen LogP contribution in [0.4, 0.5) is 13.2 Å². The second-order valence-electron chi connectivity index (χ2n) is 2.98. The van der Waals surface area contributed by atoms with Crippen molar-refractivity contribution >= 4 is 0 Å². The lowest BCUT2D eigenvalue weighted by molar-refractivity contribution is -0.138. The van der Waals surface area contributed by atoms with Crippen molar-refractivity contribution in [1.29, 1.82) is 0 Å². The number of rotatable bonds is 3. The van der Waals surface area contributed by atoms with Crippen molar-refractivity contribution in [3.05, 3.63) is 33.7 Å². The Morgan fingerprint density at radius 2 is 2.13 bits per heavy atom. The summed E-state index contributed by atoms with van der Waals surface area (Å²) in [6.45, 7) is 0.176. The molecular weight excluding hydrogens is 211 g/mol. The van der Waals surface area contributed by atoms with Crippen LogP contribution in [0.5, 0.6) is 0 Å². The van der Waals surface area contributed by atoms with Crippen LogP contribution in [0.15, 0.2) is 17.1 Å². The van der Waals surface area contributed by atoms with E-state index in [0.717, 1.165) is 6.20 Å². The maximum Gasteiger partial charge on any atom is 0.416 e. The predicted molar refractivity (Wildman–Crippen MR) is 47.6 cm³/mol. The van der Waals surface area contributed by atoms with Gasteiger partial charge in [-0.15, -0.1) is 0 Å². The fourth-order valence-electron chi connectivity index (χ4n) is 1.18. The van der Waals surface area contributed by atoms with Crippen molar-refractivity contribution in [3.63, 3.8) is 0 Å². The maximum absolute atomic E-state index is 12.5. The highest BCUT2D eigenvalue weighted by atomic mass is 19.4. The Morgan fingerprint density at radius 1 is 1.47 bits per heavy atom. The Kier molecular flexibility index (Phi) is 3.52. The zero-order valence-electron chi connectivity index (χ0n) is 8.02. The normalized spacial score (nSPS) is 11.7. The smallest absolute Gasteiger partial charge is 0.384 e. The third kappa shape index (κ3) is 3.09. The van der Waals surface area contributed by atoms with E-state index in [4.69, 9.17) is 0 Å². The van der Waals surface area contributed by atoms with Gasteiger partial charge in [0.05, 0.1) is 12.2 Å². The van der Waals surface area contributed by atoms with E-state index in [0.29, 0.717) is 6.07 Å². The lowest BCUT2D eigenvalue weighted by atomic mass is 10.1. The van der Waals surface area contributed by atoms with E-state index in [-0.39, 0.29) is 18.6 Å². The Bertz CT molecular complexity index is 384. The average molecular weight is 221 g/mol. The first kappa shape index (κ1) is 11.8. The second kappa shape index (κ2) is 4.48. The molecule has 15 heavy (non-hydrogen) atoms. The number of aromatic nitrogens is 1. The van der Waals surface area contributed by atoms with E-state index in [9.17, 15) is 18.0 Å². The van der Waals surface area contributed by atoms with Gasteiger partial charge in [0.15, 0.2) is 0 Å². The topological polar surface area (TPSA) is 42.1 Å². The summed E-state index contributed by atoms with van der Waals surface area (Å²) in [5.41, 5.74) is -1.63. The molecule has 0 aliphatic carbocycles. The summed E-state index contributed by atoms with van der Waals surface area (Å²) in [6, 6.07) is 0.561. The Labute approximate surface area is 83.9 Å². The van der Waals surface area contributed by atoms with Crippen molar-refractivity contribution in [2.45, 2.75) is 12.6 Å². The molecule has 0 spiro atoms. The molecule has 84 valence electrons. The van der Waals surface area contributed by atoms with Gasteiger partial charge in [-0.3, -0.25) is 4.79 Å². The molecule has 0 saturated heterocycles. The number of ether oxygens (including phenoxy) is 1.